The summed E-state index contributed by atoms with van der Waals surface area (Å²) in [5, 5.41) is 10.6. The number of nitro benzene ring substituents is 1. The molecule has 1 saturated heterocycles. The highest BCUT2D eigenvalue weighted by molar-refractivity contribution is 5.50. The van der Waals surface area contributed by atoms with Gasteiger partial charge in [0.2, 0.25) is 0 Å². The normalized spacial score (nSPS) is 17.5. The number of anilines is 1. The Bertz CT molecular complexity index is 405. The van der Waals surface area contributed by atoms with Crippen molar-refractivity contribution in [1.29, 1.82) is 0 Å². The van der Waals surface area contributed by atoms with Gasteiger partial charge in [0.15, 0.2) is 0 Å². The number of nitrogens with zero attached hydrogens (tertiary/aromatic N) is 3. The maximum atomic E-state index is 10.6. The first-order chi connectivity index (χ1) is 8.70. The molecule has 1 aliphatic heterocycles. The molecule has 5 nitrogen and oxygen atoms in total. The van der Waals surface area contributed by atoms with Crippen LogP contribution in [-0.4, -0.2) is 42.5 Å². The minimum Gasteiger partial charge on any atom is -0.370 e. The predicted octanol–water partition coefficient (Wildman–Crippen LogP) is 2.13. The topological polar surface area (TPSA) is 49.6 Å². The van der Waals surface area contributed by atoms with E-state index in [4.69, 9.17) is 0 Å². The third-order valence-corrected chi connectivity index (χ3v) is 3.46. The van der Waals surface area contributed by atoms with E-state index in [9.17, 15) is 10.1 Å². The van der Waals surface area contributed by atoms with Crippen LogP contribution in [0.5, 0.6) is 0 Å². The average molecular weight is 249 g/mol. The van der Waals surface area contributed by atoms with Crippen molar-refractivity contribution in [2.24, 2.45) is 0 Å². The van der Waals surface area contributed by atoms with Crippen LogP contribution < -0.4 is 4.90 Å². The Labute approximate surface area is 107 Å². The predicted molar refractivity (Wildman–Crippen MR) is 72.0 cm³/mol. The molecule has 1 aliphatic rings. The molecule has 0 radical (unpaired) electrons. The summed E-state index contributed by atoms with van der Waals surface area (Å²) < 4.78 is 0. The van der Waals surface area contributed by atoms with Crippen molar-refractivity contribution in [3.63, 3.8) is 0 Å². The largest absolute Gasteiger partial charge is 0.370 e. The summed E-state index contributed by atoms with van der Waals surface area (Å²) in [6.07, 6.45) is 1.14. The Hall–Kier alpha value is -1.62. The standard InChI is InChI=1S/C13H19N3O2/c1-2-14-8-3-9-15(11-10-14)12-4-6-13(7-5-12)16(17)18/h4-7H,2-3,8-11H2,1H3. The molecule has 0 unspecified atom stereocenters. The summed E-state index contributed by atoms with van der Waals surface area (Å²) in [7, 11) is 0. The zero-order valence-electron chi connectivity index (χ0n) is 10.7. The van der Waals surface area contributed by atoms with Crippen molar-refractivity contribution in [3.8, 4) is 0 Å². The molecule has 0 N–H and O–H groups in total. The lowest BCUT2D eigenvalue weighted by Crippen LogP contribution is -2.30. The number of non-ortho nitro benzene ring substituents is 1. The van der Waals surface area contributed by atoms with Crippen molar-refractivity contribution < 1.29 is 4.92 Å². The fraction of sp³-hybridized carbons (Fsp3) is 0.538. The lowest BCUT2D eigenvalue weighted by atomic mass is 10.2. The van der Waals surface area contributed by atoms with Gasteiger partial charge in [-0.2, -0.15) is 0 Å². The van der Waals surface area contributed by atoms with Gasteiger partial charge in [-0.25, -0.2) is 0 Å². The van der Waals surface area contributed by atoms with Gasteiger partial charge < -0.3 is 9.80 Å². The Kier molecular flexibility index (Phi) is 4.15. The fourth-order valence-corrected chi connectivity index (χ4v) is 2.33. The van der Waals surface area contributed by atoms with Gasteiger partial charge in [-0.3, -0.25) is 10.1 Å². The van der Waals surface area contributed by atoms with Crippen LogP contribution in [0.2, 0.25) is 0 Å². The van der Waals surface area contributed by atoms with Crippen LogP contribution >= 0.6 is 0 Å². The highest BCUT2D eigenvalue weighted by Crippen LogP contribution is 2.20. The molecule has 1 aromatic carbocycles. The Morgan fingerprint density at radius 1 is 1.17 bits per heavy atom. The average Bonchev–Trinajstić information content (AvgIpc) is 2.64. The molecular weight excluding hydrogens is 230 g/mol. The lowest BCUT2D eigenvalue weighted by molar-refractivity contribution is -0.384. The van der Waals surface area contributed by atoms with Crippen molar-refractivity contribution in [1.82, 2.24) is 4.90 Å². The second-order valence-electron chi connectivity index (χ2n) is 4.55. The number of likely N-dealkylation sites (N-methyl/N-ethyl adjacent to an activating group) is 1. The number of rotatable bonds is 3. The maximum absolute atomic E-state index is 10.6. The summed E-state index contributed by atoms with van der Waals surface area (Å²) >= 11 is 0. The molecule has 1 aromatic rings. The highest BCUT2D eigenvalue weighted by Gasteiger charge is 2.14. The zero-order valence-corrected chi connectivity index (χ0v) is 10.7. The van der Waals surface area contributed by atoms with E-state index in [1.54, 1.807) is 12.1 Å². The Morgan fingerprint density at radius 3 is 2.50 bits per heavy atom. The molecule has 0 bridgehead atoms. The first-order valence-corrected chi connectivity index (χ1v) is 6.42. The summed E-state index contributed by atoms with van der Waals surface area (Å²) in [6, 6.07) is 6.86. The molecule has 2 rings (SSSR count). The summed E-state index contributed by atoms with van der Waals surface area (Å²) in [4.78, 5) is 15.0. The molecule has 5 heteroatoms. The first-order valence-electron chi connectivity index (χ1n) is 6.42. The minimum atomic E-state index is -0.356. The van der Waals surface area contributed by atoms with Crippen LogP contribution in [0.1, 0.15) is 13.3 Å². The van der Waals surface area contributed by atoms with Gasteiger partial charge in [0.1, 0.15) is 0 Å². The smallest absolute Gasteiger partial charge is 0.269 e. The van der Waals surface area contributed by atoms with Crippen LogP contribution in [0, 0.1) is 10.1 Å². The molecule has 98 valence electrons. The Morgan fingerprint density at radius 2 is 1.89 bits per heavy atom. The van der Waals surface area contributed by atoms with Gasteiger partial charge >= 0.3 is 0 Å². The van der Waals surface area contributed by atoms with Crippen molar-refractivity contribution >= 4 is 11.4 Å². The molecular formula is C13H19N3O2. The van der Waals surface area contributed by atoms with E-state index < -0.39 is 0 Å². The van der Waals surface area contributed by atoms with Crippen molar-refractivity contribution in [3.05, 3.63) is 34.4 Å². The summed E-state index contributed by atoms with van der Waals surface area (Å²) in [5.74, 6) is 0. The SMILES string of the molecule is CCN1CCCN(c2ccc([N+](=O)[O-])cc2)CC1. The third-order valence-electron chi connectivity index (χ3n) is 3.46. The third kappa shape index (κ3) is 2.98. The van der Waals surface area contributed by atoms with E-state index >= 15 is 0 Å². The number of hydrogen-bond acceptors (Lipinski definition) is 4. The van der Waals surface area contributed by atoms with Gasteiger partial charge in [-0.15, -0.1) is 0 Å². The Balaban J connectivity index is 2.04. The van der Waals surface area contributed by atoms with Gasteiger partial charge in [0.05, 0.1) is 4.92 Å². The van der Waals surface area contributed by atoms with E-state index in [-0.39, 0.29) is 10.6 Å². The van der Waals surface area contributed by atoms with Crippen LogP contribution in [0.3, 0.4) is 0 Å². The molecule has 0 aromatic heterocycles. The van der Waals surface area contributed by atoms with E-state index in [2.05, 4.69) is 16.7 Å². The molecule has 0 saturated carbocycles. The van der Waals surface area contributed by atoms with Crippen molar-refractivity contribution in [2.75, 3.05) is 37.6 Å². The van der Waals surface area contributed by atoms with Gasteiger partial charge in [0.25, 0.3) is 5.69 Å². The highest BCUT2D eigenvalue weighted by atomic mass is 16.6. The molecule has 0 spiro atoms. The zero-order chi connectivity index (χ0) is 13.0. The lowest BCUT2D eigenvalue weighted by Gasteiger charge is -2.23. The number of benzene rings is 1. The second kappa shape index (κ2) is 5.82. The quantitative estimate of drug-likeness (QED) is 0.608. The first kappa shape index (κ1) is 12.8. The monoisotopic (exact) mass is 249 g/mol. The fourth-order valence-electron chi connectivity index (χ4n) is 2.33. The van der Waals surface area contributed by atoms with E-state index in [1.165, 1.54) is 0 Å². The van der Waals surface area contributed by atoms with E-state index in [0.29, 0.717) is 0 Å². The molecule has 1 heterocycles. The van der Waals surface area contributed by atoms with Crippen LogP contribution in [0.4, 0.5) is 11.4 Å². The molecule has 0 aliphatic carbocycles. The van der Waals surface area contributed by atoms with Crippen molar-refractivity contribution in [2.45, 2.75) is 13.3 Å². The minimum absolute atomic E-state index is 0.156. The van der Waals surface area contributed by atoms with Crippen LogP contribution in [-0.2, 0) is 0 Å². The van der Waals surface area contributed by atoms with Crippen LogP contribution in [0.25, 0.3) is 0 Å². The summed E-state index contributed by atoms with van der Waals surface area (Å²) in [6.45, 7) is 7.49. The molecule has 18 heavy (non-hydrogen) atoms. The summed E-state index contributed by atoms with van der Waals surface area (Å²) in [5.41, 5.74) is 1.24. The van der Waals surface area contributed by atoms with E-state index in [1.807, 2.05) is 12.1 Å². The van der Waals surface area contributed by atoms with E-state index in [0.717, 1.165) is 44.8 Å². The number of nitro groups is 1. The van der Waals surface area contributed by atoms with Gasteiger partial charge in [0, 0.05) is 37.5 Å². The molecule has 0 amide bonds. The second-order valence-corrected chi connectivity index (χ2v) is 4.55. The number of hydrogen-bond donors (Lipinski definition) is 0. The van der Waals surface area contributed by atoms with Gasteiger partial charge in [-0.05, 0) is 31.6 Å². The maximum Gasteiger partial charge on any atom is 0.269 e. The molecule has 1 fully saturated rings. The van der Waals surface area contributed by atoms with Gasteiger partial charge in [-0.1, -0.05) is 6.92 Å². The molecule has 0 atom stereocenters. The van der Waals surface area contributed by atoms with Crippen LogP contribution in [0.15, 0.2) is 24.3 Å².